The molecule has 2 aliphatic heterocycles. The van der Waals surface area contributed by atoms with E-state index in [1.165, 1.54) is 30.2 Å². The van der Waals surface area contributed by atoms with Crippen LogP contribution in [-0.2, 0) is 14.3 Å². The normalized spacial score (nSPS) is 18.8. The van der Waals surface area contributed by atoms with Gasteiger partial charge in [-0.1, -0.05) is 12.1 Å². The van der Waals surface area contributed by atoms with Crippen LogP contribution in [0.15, 0.2) is 53.7 Å². The molecule has 1 atom stereocenters. The molecule has 144 valence electrons. The van der Waals surface area contributed by atoms with Gasteiger partial charge in [-0.15, -0.1) is 0 Å². The predicted octanol–water partition coefficient (Wildman–Crippen LogP) is 3.17. The van der Waals surface area contributed by atoms with E-state index in [4.69, 9.17) is 14.2 Å². The molecule has 0 unspecified atom stereocenters. The Labute approximate surface area is 161 Å². The summed E-state index contributed by atoms with van der Waals surface area (Å²) < 4.78 is 29.6. The number of ether oxygens (including phenoxy) is 3. The van der Waals surface area contributed by atoms with Crippen LogP contribution in [0.4, 0.5) is 10.1 Å². The monoisotopic (exact) mass is 383 g/mol. The van der Waals surface area contributed by atoms with Gasteiger partial charge in [0.2, 0.25) is 5.91 Å². The molecule has 2 aromatic rings. The molecule has 2 heterocycles. The van der Waals surface area contributed by atoms with E-state index in [0.717, 1.165) is 0 Å². The molecule has 6 nitrogen and oxygen atoms in total. The summed E-state index contributed by atoms with van der Waals surface area (Å²) in [6.45, 7) is -0.0363. The highest BCUT2D eigenvalue weighted by molar-refractivity contribution is 6.06. The summed E-state index contributed by atoms with van der Waals surface area (Å²) >= 11 is 0. The number of rotatable bonds is 4. The molecule has 0 radical (unpaired) electrons. The average Bonchev–Trinajstić information content (AvgIpc) is 3.08. The number of anilines is 1. The average molecular weight is 383 g/mol. The lowest BCUT2D eigenvalue weighted by Crippen LogP contribution is -2.37. The number of carbonyl (C=O) groups is 2. The Morgan fingerprint density at radius 3 is 2.64 bits per heavy atom. The van der Waals surface area contributed by atoms with Crippen LogP contribution >= 0.6 is 0 Å². The van der Waals surface area contributed by atoms with Gasteiger partial charge in [0.1, 0.15) is 23.9 Å². The minimum absolute atomic E-state index is 0.0349. The van der Waals surface area contributed by atoms with Gasteiger partial charge in [0.25, 0.3) is 0 Å². The van der Waals surface area contributed by atoms with Crippen LogP contribution in [0.3, 0.4) is 0 Å². The predicted molar refractivity (Wildman–Crippen MR) is 98.8 cm³/mol. The fourth-order valence-electron chi connectivity index (χ4n) is 3.74. The van der Waals surface area contributed by atoms with E-state index in [2.05, 4.69) is 0 Å². The quantitative estimate of drug-likeness (QED) is 0.759. The van der Waals surface area contributed by atoms with Gasteiger partial charge in [-0.3, -0.25) is 9.69 Å². The van der Waals surface area contributed by atoms with Gasteiger partial charge < -0.3 is 14.2 Å². The maximum Gasteiger partial charge on any atom is 0.336 e. The van der Waals surface area contributed by atoms with E-state index >= 15 is 0 Å². The van der Waals surface area contributed by atoms with Crippen molar-refractivity contribution in [3.63, 3.8) is 0 Å². The Bertz CT molecular complexity index is 1000. The highest BCUT2D eigenvalue weighted by Gasteiger charge is 2.43. The van der Waals surface area contributed by atoms with Crippen LogP contribution < -0.4 is 14.4 Å². The Morgan fingerprint density at radius 2 is 1.93 bits per heavy atom. The zero-order valence-electron chi connectivity index (χ0n) is 15.4. The van der Waals surface area contributed by atoms with Crippen LogP contribution in [-0.4, -0.2) is 32.7 Å². The Morgan fingerprint density at radius 1 is 1.11 bits per heavy atom. The maximum absolute atomic E-state index is 13.7. The summed E-state index contributed by atoms with van der Waals surface area (Å²) in [5, 5.41) is 0. The van der Waals surface area contributed by atoms with Crippen molar-refractivity contribution in [1.82, 2.24) is 0 Å². The molecular formula is C21H18FNO5. The first-order valence-electron chi connectivity index (χ1n) is 8.74. The standard InChI is InChI=1S/C21H18FNO5/c1-26-14-6-7-15(18(9-14)27-2)16-10-19(24)23(13-5-3-4-12(22)8-13)17-11-28-21(25)20(16)17/h3-9,16H,10-11H2,1-2H3/t16-/m1/s1. The lowest BCUT2D eigenvalue weighted by molar-refractivity contribution is -0.136. The molecule has 1 amide bonds. The number of benzene rings is 2. The summed E-state index contributed by atoms with van der Waals surface area (Å²) in [5.74, 6) is -0.577. The number of methoxy groups -OCH3 is 2. The number of hydrogen-bond donors (Lipinski definition) is 0. The van der Waals surface area contributed by atoms with Crippen molar-refractivity contribution in [3.05, 3.63) is 65.1 Å². The van der Waals surface area contributed by atoms with Crippen LogP contribution in [0.5, 0.6) is 11.5 Å². The molecule has 7 heteroatoms. The molecular weight excluding hydrogens is 365 g/mol. The summed E-state index contributed by atoms with van der Waals surface area (Å²) in [6.07, 6.45) is 0.0349. The van der Waals surface area contributed by atoms with E-state index in [9.17, 15) is 14.0 Å². The number of amides is 1. The fraction of sp³-hybridized carbons (Fsp3) is 0.238. The summed E-state index contributed by atoms with van der Waals surface area (Å²) in [7, 11) is 3.06. The molecule has 0 aromatic heterocycles. The number of hydrogen-bond acceptors (Lipinski definition) is 5. The number of cyclic esters (lactones) is 1. The van der Waals surface area contributed by atoms with E-state index in [0.29, 0.717) is 34.0 Å². The first-order chi connectivity index (χ1) is 13.5. The molecule has 2 aliphatic rings. The largest absolute Gasteiger partial charge is 0.497 e. The number of carbonyl (C=O) groups excluding carboxylic acids is 2. The first-order valence-corrected chi connectivity index (χ1v) is 8.74. The topological polar surface area (TPSA) is 65.1 Å². The Kier molecular flexibility index (Phi) is 4.50. The third-order valence-electron chi connectivity index (χ3n) is 5.00. The maximum atomic E-state index is 13.7. The lowest BCUT2D eigenvalue weighted by atomic mass is 9.83. The van der Waals surface area contributed by atoms with Crippen LogP contribution in [0.1, 0.15) is 17.9 Å². The van der Waals surface area contributed by atoms with Crippen molar-refractivity contribution < 1.29 is 28.2 Å². The Balaban J connectivity index is 1.84. The van der Waals surface area contributed by atoms with Gasteiger partial charge in [-0.2, -0.15) is 0 Å². The van der Waals surface area contributed by atoms with Crippen LogP contribution in [0.2, 0.25) is 0 Å². The molecule has 0 aliphatic carbocycles. The van der Waals surface area contributed by atoms with Crippen molar-refractivity contribution in [2.24, 2.45) is 0 Å². The number of halogens is 1. The fourth-order valence-corrected chi connectivity index (χ4v) is 3.74. The zero-order chi connectivity index (χ0) is 19.8. The highest BCUT2D eigenvalue weighted by atomic mass is 19.1. The zero-order valence-corrected chi connectivity index (χ0v) is 15.4. The van der Waals surface area contributed by atoms with Gasteiger partial charge in [0, 0.05) is 24.0 Å². The third kappa shape index (κ3) is 2.89. The minimum Gasteiger partial charge on any atom is -0.497 e. The first kappa shape index (κ1) is 18.0. The van der Waals surface area contributed by atoms with Gasteiger partial charge >= 0.3 is 5.97 Å². The second-order valence-electron chi connectivity index (χ2n) is 6.51. The van der Waals surface area contributed by atoms with Crippen LogP contribution in [0.25, 0.3) is 0 Å². The van der Waals surface area contributed by atoms with E-state index < -0.39 is 17.7 Å². The van der Waals surface area contributed by atoms with Gasteiger partial charge in [0.15, 0.2) is 0 Å². The van der Waals surface area contributed by atoms with Crippen molar-refractivity contribution in [1.29, 1.82) is 0 Å². The minimum atomic E-state index is -0.511. The molecule has 0 saturated heterocycles. The molecule has 0 bridgehead atoms. The summed E-state index contributed by atoms with van der Waals surface area (Å²) in [4.78, 5) is 26.9. The van der Waals surface area contributed by atoms with Gasteiger partial charge in [-0.05, 0) is 24.3 Å². The molecule has 4 rings (SSSR count). The molecule has 28 heavy (non-hydrogen) atoms. The second-order valence-corrected chi connectivity index (χ2v) is 6.51. The van der Waals surface area contributed by atoms with Gasteiger partial charge in [0.05, 0.1) is 31.2 Å². The Hall–Kier alpha value is -3.35. The smallest absolute Gasteiger partial charge is 0.336 e. The molecule has 2 aromatic carbocycles. The van der Waals surface area contributed by atoms with E-state index in [-0.39, 0.29) is 18.9 Å². The molecule has 0 fully saturated rings. The SMILES string of the molecule is COc1ccc([C@H]2CC(=O)N(c3cccc(F)c3)C3=C2C(=O)OC3)c(OC)c1. The van der Waals surface area contributed by atoms with E-state index in [1.54, 1.807) is 31.4 Å². The highest BCUT2D eigenvalue weighted by Crippen LogP contribution is 2.45. The van der Waals surface area contributed by atoms with Crippen LogP contribution in [0, 0.1) is 5.82 Å². The van der Waals surface area contributed by atoms with Gasteiger partial charge in [-0.25, -0.2) is 9.18 Å². The molecule has 0 spiro atoms. The molecule has 0 saturated carbocycles. The van der Waals surface area contributed by atoms with E-state index in [1.807, 2.05) is 0 Å². The molecule has 0 N–H and O–H groups in total. The van der Waals surface area contributed by atoms with Crippen molar-refractivity contribution >= 4 is 17.6 Å². The third-order valence-corrected chi connectivity index (χ3v) is 5.00. The summed E-state index contributed by atoms with van der Waals surface area (Å²) in [6, 6.07) is 11.0. The summed E-state index contributed by atoms with van der Waals surface area (Å²) in [5.41, 5.74) is 1.90. The van der Waals surface area contributed by atoms with Crippen molar-refractivity contribution in [2.75, 3.05) is 25.7 Å². The van der Waals surface area contributed by atoms with Crippen molar-refractivity contribution in [3.8, 4) is 11.5 Å². The van der Waals surface area contributed by atoms with Crippen molar-refractivity contribution in [2.45, 2.75) is 12.3 Å². The lowest BCUT2D eigenvalue weighted by Gasteiger charge is -2.32. The number of nitrogens with zero attached hydrogens (tertiary/aromatic N) is 1. The number of esters is 1. The second kappa shape index (κ2) is 6.99.